The minimum absolute atomic E-state index is 0.680. The van der Waals surface area contributed by atoms with E-state index >= 15 is 0 Å². The minimum Gasteiger partial charge on any atom is -0.394 e. The molecule has 0 spiro atoms. The summed E-state index contributed by atoms with van der Waals surface area (Å²) in [7, 11) is 1.86. The zero-order valence-corrected chi connectivity index (χ0v) is 5.85. The summed E-state index contributed by atoms with van der Waals surface area (Å²) in [5, 5.41) is 2.91. The number of hydrogen-bond acceptors (Lipinski definition) is 2. The Bertz CT molecular complexity index is 105. The number of nitrogens with one attached hydrogen (secondary N) is 1. The Morgan fingerprint density at radius 1 is 1.78 bits per heavy atom. The van der Waals surface area contributed by atoms with Gasteiger partial charge in [0.1, 0.15) is 0 Å². The molecule has 0 aliphatic carbocycles. The van der Waals surface area contributed by atoms with E-state index in [0.717, 1.165) is 12.0 Å². The standard InChI is InChI=1S/C7H14N2/c1-3-7(4-5-8)6-9-2/h3,6,9H,1,4-5,8H2,2H3/b7-6+. The van der Waals surface area contributed by atoms with Crippen LogP contribution in [0.25, 0.3) is 0 Å². The smallest absolute Gasteiger partial charge is 0.00278 e. The summed E-state index contributed by atoms with van der Waals surface area (Å²) in [5.41, 5.74) is 6.47. The zero-order chi connectivity index (χ0) is 7.11. The van der Waals surface area contributed by atoms with Crippen LogP contribution in [0.4, 0.5) is 0 Å². The Kier molecular flexibility index (Phi) is 4.92. The molecule has 0 aromatic carbocycles. The molecule has 3 N–H and O–H groups in total. The van der Waals surface area contributed by atoms with E-state index in [2.05, 4.69) is 11.9 Å². The lowest BCUT2D eigenvalue weighted by Gasteiger charge is -1.96. The monoisotopic (exact) mass is 126 g/mol. The van der Waals surface area contributed by atoms with Crippen LogP contribution in [0, 0.1) is 0 Å². The van der Waals surface area contributed by atoms with Crippen molar-refractivity contribution in [3.8, 4) is 0 Å². The van der Waals surface area contributed by atoms with E-state index in [-0.39, 0.29) is 0 Å². The van der Waals surface area contributed by atoms with Crippen LogP contribution in [0.1, 0.15) is 6.42 Å². The van der Waals surface area contributed by atoms with Gasteiger partial charge in [-0.2, -0.15) is 0 Å². The molecule has 0 aromatic heterocycles. The fourth-order valence-electron chi connectivity index (χ4n) is 0.585. The van der Waals surface area contributed by atoms with Gasteiger partial charge in [-0.3, -0.25) is 0 Å². The van der Waals surface area contributed by atoms with Crippen LogP contribution in [0.2, 0.25) is 0 Å². The highest BCUT2D eigenvalue weighted by Gasteiger charge is 1.85. The summed E-state index contributed by atoms with van der Waals surface area (Å²) in [4.78, 5) is 0. The molecule has 0 bridgehead atoms. The highest BCUT2D eigenvalue weighted by molar-refractivity contribution is 5.14. The van der Waals surface area contributed by atoms with Crippen molar-refractivity contribution in [3.05, 3.63) is 24.4 Å². The van der Waals surface area contributed by atoms with Crippen molar-refractivity contribution >= 4 is 0 Å². The van der Waals surface area contributed by atoms with Crippen LogP contribution < -0.4 is 11.1 Å². The highest BCUT2D eigenvalue weighted by Crippen LogP contribution is 1.97. The molecule has 2 nitrogen and oxygen atoms in total. The van der Waals surface area contributed by atoms with E-state index in [4.69, 9.17) is 5.73 Å². The van der Waals surface area contributed by atoms with E-state index in [0.29, 0.717) is 6.54 Å². The Balaban J connectivity index is 3.66. The summed E-state index contributed by atoms with van der Waals surface area (Å²) in [5.74, 6) is 0. The minimum atomic E-state index is 0.680. The summed E-state index contributed by atoms with van der Waals surface area (Å²) >= 11 is 0. The second-order valence-corrected chi connectivity index (χ2v) is 1.75. The molecule has 2 heteroatoms. The lowest BCUT2D eigenvalue weighted by Crippen LogP contribution is -2.02. The highest BCUT2D eigenvalue weighted by atomic mass is 14.8. The van der Waals surface area contributed by atoms with E-state index in [1.807, 2.05) is 19.3 Å². The van der Waals surface area contributed by atoms with Gasteiger partial charge in [0.05, 0.1) is 0 Å². The molecule has 0 unspecified atom stereocenters. The summed E-state index contributed by atoms with van der Waals surface area (Å²) < 4.78 is 0. The molecule has 0 atom stereocenters. The van der Waals surface area contributed by atoms with Crippen LogP contribution in [0.15, 0.2) is 24.4 Å². The van der Waals surface area contributed by atoms with Crippen molar-refractivity contribution in [3.63, 3.8) is 0 Å². The predicted octanol–water partition coefficient (Wildman–Crippen LogP) is 0.624. The fraction of sp³-hybridized carbons (Fsp3) is 0.429. The summed E-state index contributed by atoms with van der Waals surface area (Å²) in [6.45, 7) is 4.31. The van der Waals surface area contributed by atoms with Gasteiger partial charge in [0.25, 0.3) is 0 Å². The van der Waals surface area contributed by atoms with Gasteiger partial charge in [-0.15, -0.1) is 0 Å². The topological polar surface area (TPSA) is 38.0 Å². The van der Waals surface area contributed by atoms with Gasteiger partial charge in [0, 0.05) is 7.05 Å². The first kappa shape index (κ1) is 8.24. The zero-order valence-electron chi connectivity index (χ0n) is 5.85. The van der Waals surface area contributed by atoms with Crippen LogP contribution in [-0.2, 0) is 0 Å². The van der Waals surface area contributed by atoms with E-state index < -0.39 is 0 Å². The van der Waals surface area contributed by atoms with E-state index in [1.165, 1.54) is 0 Å². The molecule has 52 valence electrons. The molecule has 0 rings (SSSR count). The van der Waals surface area contributed by atoms with Gasteiger partial charge in [-0.05, 0) is 24.7 Å². The maximum Gasteiger partial charge on any atom is 0.00278 e. The maximum absolute atomic E-state index is 5.32. The molecule has 0 fully saturated rings. The van der Waals surface area contributed by atoms with Crippen molar-refractivity contribution in [2.45, 2.75) is 6.42 Å². The first-order valence-electron chi connectivity index (χ1n) is 3.04. The van der Waals surface area contributed by atoms with Gasteiger partial charge in [-0.1, -0.05) is 12.7 Å². The van der Waals surface area contributed by atoms with Crippen LogP contribution >= 0.6 is 0 Å². The molecular formula is C7H14N2. The second-order valence-electron chi connectivity index (χ2n) is 1.75. The maximum atomic E-state index is 5.32. The molecule has 0 amide bonds. The molecular weight excluding hydrogens is 112 g/mol. The van der Waals surface area contributed by atoms with Crippen molar-refractivity contribution < 1.29 is 0 Å². The summed E-state index contributed by atoms with van der Waals surface area (Å²) in [6.07, 6.45) is 4.60. The number of allylic oxidation sites excluding steroid dienone is 1. The van der Waals surface area contributed by atoms with Gasteiger partial charge < -0.3 is 11.1 Å². The molecule has 9 heavy (non-hydrogen) atoms. The van der Waals surface area contributed by atoms with Gasteiger partial charge >= 0.3 is 0 Å². The molecule has 0 aliphatic rings. The third-order valence-corrected chi connectivity index (χ3v) is 1.02. The Hall–Kier alpha value is -0.760. The molecule has 0 saturated heterocycles. The summed E-state index contributed by atoms with van der Waals surface area (Å²) in [6, 6.07) is 0. The van der Waals surface area contributed by atoms with Gasteiger partial charge in [-0.25, -0.2) is 0 Å². The first-order chi connectivity index (χ1) is 4.35. The Morgan fingerprint density at radius 3 is 2.78 bits per heavy atom. The SMILES string of the molecule is C=C/C(=C\NC)CCN. The molecule has 0 heterocycles. The average Bonchev–Trinajstić information content (AvgIpc) is 1.88. The van der Waals surface area contributed by atoms with Crippen LogP contribution in [-0.4, -0.2) is 13.6 Å². The lowest BCUT2D eigenvalue weighted by atomic mass is 10.2. The average molecular weight is 126 g/mol. The quantitative estimate of drug-likeness (QED) is 0.542. The first-order valence-corrected chi connectivity index (χ1v) is 3.04. The molecule has 0 saturated carbocycles. The largest absolute Gasteiger partial charge is 0.394 e. The fourth-order valence-corrected chi connectivity index (χ4v) is 0.585. The number of rotatable bonds is 4. The number of hydrogen-bond donors (Lipinski definition) is 2. The van der Waals surface area contributed by atoms with Gasteiger partial charge in [0.2, 0.25) is 0 Å². The van der Waals surface area contributed by atoms with Crippen molar-refractivity contribution in [2.75, 3.05) is 13.6 Å². The Labute approximate surface area is 56.4 Å². The van der Waals surface area contributed by atoms with Crippen LogP contribution in [0.3, 0.4) is 0 Å². The molecule has 0 aromatic rings. The van der Waals surface area contributed by atoms with Gasteiger partial charge in [0.15, 0.2) is 0 Å². The Morgan fingerprint density at radius 2 is 2.44 bits per heavy atom. The van der Waals surface area contributed by atoms with E-state index in [1.54, 1.807) is 0 Å². The lowest BCUT2D eigenvalue weighted by molar-refractivity contribution is 0.949. The van der Waals surface area contributed by atoms with Crippen LogP contribution in [0.5, 0.6) is 0 Å². The third kappa shape index (κ3) is 3.79. The molecule has 0 radical (unpaired) electrons. The van der Waals surface area contributed by atoms with Crippen molar-refractivity contribution in [2.24, 2.45) is 5.73 Å². The van der Waals surface area contributed by atoms with Crippen molar-refractivity contribution in [1.82, 2.24) is 5.32 Å². The molecule has 0 aliphatic heterocycles. The normalized spacial score (nSPS) is 11.1. The predicted molar refractivity (Wildman–Crippen MR) is 41.0 cm³/mol. The third-order valence-electron chi connectivity index (χ3n) is 1.02. The second kappa shape index (κ2) is 5.38. The number of nitrogens with two attached hydrogens (primary N) is 1. The van der Waals surface area contributed by atoms with E-state index in [9.17, 15) is 0 Å². The van der Waals surface area contributed by atoms with Crippen molar-refractivity contribution in [1.29, 1.82) is 0 Å².